The maximum Gasteiger partial charge on any atom is 0.305 e. The van der Waals surface area contributed by atoms with Crippen LogP contribution in [0.3, 0.4) is 0 Å². The quantitative estimate of drug-likeness (QED) is 0.776. The highest BCUT2D eigenvalue weighted by Crippen LogP contribution is 2.34. The molecule has 2 rings (SSSR count). The van der Waals surface area contributed by atoms with E-state index in [-0.39, 0.29) is 17.9 Å². The topological polar surface area (TPSA) is 64.4 Å². The Hall–Kier alpha value is -1.85. The van der Waals surface area contributed by atoms with Gasteiger partial charge in [-0.2, -0.15) is 5.10 Å². The zero-order valence-electron chi connectivity index (χ0n) is 13.0. The molecule has 0 unspecified atom stereocenters. The average Bonchev–Trinajstić information content (AvgIpc) is 3.06. The molecule has 116 valence electrons. The van der Waals surface area contributed by atoms with E-state index in [4.69, 9.17) is 0 Å². The molecule has 1 aliphatic rings. The van der Waals surface area contributed by atoms with Gasteiger partial charge in [0.25, 0.3) is 0 Å². The van der Waals surface area contributed by atoms with E-state index in [1.54, 1.807) is 0 Å². The Morgan fingerprint density at radius 1 is 1.43 bits per heavy atom. The van der Waals surface area contributed by atoms with Gasteiger partial charge in [0.1, 0.15) is 0 Å². The molecule has 1 saturated heterocycles. The number of hydrogen-bond acceptors (Lipinski definition) is 4. The van der Waals surface area contributed by atoms with Crippen molar-refractivity contribution in [2.75, 3.05) is 13.7 Å². The van der Waals surface area contributed by atoms with Gasteiger partial charge in [-0.3, -0.25) is 14.3 Å². The maximum atomic E-state index is 12.4. The molecule has 0 spiro atoms. The summed E-state index contributed by atoms with van der Waals surface area (Å²) in [7, 11) is 3.28. The lowest BCUT2D eigenvalue weighted by Gasteiger charge is -2.24. The van der Waals surface area contributed by atoms with Crippen molar-refractivity contribution in [1.82, 2.24) is 14.7 Å². The van der Waals surface area contributed by atoms with Crippen molar-refractivity contribution >= 4 is 11.9 Å². The van der Waals surface area contributed by atoms with E-state index >= 15 is 0 Å². The second-order valence-corrected chi connectivity index (χ2v) is 5.48. The molecule has 6 heteroatoms. The van der Waals surface area contributed by atoms with Crippen LogP contribution in [0.15, 0.2) is 6.20 Å². The van der Waals surface area contributed by atoms with E-state index in [9.17, 15) is 9.59 Å². The first kappa shape index (κ1) is 15.5. The van der Waals surface area contributed by atoms with Gasteiger partial charge < -0.3 is 9.64 Å². The van der Waals surface area contributed by atoms with E-state index < -0.39 is 0 Å². The predicted molar refractivity (Wildman–Crippen MR) is 77.5 cm³/mol. The van der Waals surface area contributed by atoms with Gasteiger partial charge in [0, 0.05) is 37.7 Å². The standard InChI is InChI=1S/C15H23N3O3/c1-11-12(10-16-17(11)2)13-6-5-9-18(13)14(19)7-4-8-15(20)21-3/h10,13H,4-9H2,1-3H3/t13-/m1/s1. The number of nitrogens with zero attached hydrogens (tertiary/aromatic N) is 3. The largest absolute Gasteiger partial charge is 0.469 e. The van der Waals surface area contributed by atoms with Crippen LogP contribution in [0.1, 0.15) is 49.4 Å². The number of hydrogen-bond donors (Lipinski definition) is 0. The lowest BCUT2D eigenvalue weighted by molar-refractivity contribution is -0.140. The molecule has 1 aromatic heterocycles. The lowest BCUT2D eigenvalue weighted by atomic mass is 10.1. The number of ether oxygens (including phenoxy) is 1. The van der Waals surface area contributed by atoms with E-state index in [2.05, 4.69) is 9.84 Å². The van der Waals surface area contributed by atoms with Crippen molar-refractivity contribution in [2.45, 2.75) is 45.1 Å². The van der Waals surface area contributed by atoms with Crippen LogP contribution >= 0.6 is 0 Å². The Morgan fingerprint density at radius 2 is 2.19 bits per heavy atom. The number of aromatic nitrogens is 2. The first-order valence-electron chi connectivity index (χ1n) is 7.39. The maximum absolute atomic E-state index is 12.4. The van der Waals surface area contributed by atoms with Crippen molar-refractivity contribution in [2.24, 2.45) is 7.05 Å². The summed E-state index contributed by atoms with van der Waals surface area (Å²) < 4.78 is 6.43. The Bertz CT molecular complexity index is 524. The van der Waals surface area contributed by atoms with Gasteiger partial charge in [-0.15, -0.1) is 0 Å². The summed E-state index contributed by atoms with van der Waals surface area (Å²) in [5, 5.41) is 4.27. The molecular weight excluding hydrogens is 270 g/mol. The summed E-state index contributed by atoms with van der Waals surface area (Å²) in [5.74, 6) is -0.145. The molecule has 21 heavy (non-hydrogen) atoms. The first-order valence-corrected chi connectivity index (χ1v) is 7.39. The number of likely N-dealkylation sites (tertiary alicyclic amines) is 1. The molecule has 2 heterocycles. The van der Waals surface area contributed by atoms with Crippen LogP contribution in [0, 0.1) is 6.92 Å². The fourth-order valence-electron chi connectivity index (χ4n) is 2.86. The van der Waals surface area contributed by atoms with Crippen LogP contribution in [0.2, 0.25) is 0 Å². The molecule has 6 nitrogen and oxygen atoms in total. The third-order valence-electron chi connectivity index (χ3n) is 4.20. The molecule has 0 saturated carbocycles. The minimum Gasteiger partial charge on any atom is -0.469 e. The minimum atomic E-state index is -0.260. The van der Waals surface area contributed by atoms with Crippen LogP contribution in [0.25, 0.3) is 0 Å². The minimum absolute atomic E-state index is 0.115. The number of methoxy groups -OCH3 is 1. The van der Waals surface area contributed by atoms with Crippen LogP contribution in [-0.4, -0.2) is 40.2 Å². The summed E-state index contributed by atoms with van der Waals surface area (Å²) >= 11 is 0. The number of aryl methyl sites for hydroxylation is 1. The number of amides is 1. The molecule has 1 aliphatic heterocycles. The monoisotopic (exact) mass is 293 g/mol. The highest BCUT2D eigenvalue weighted by molar-refractivity contribution is 5.78. The second-order valence-electron chi connectivity index (χ2n) is 5.48. The summed E-state index contributed by atoms with van der Waals surface area (Å²) in [6.07, 6.45) is 5.09. The van der Waals surface area contributed by atoms with Gasteiger partial charge in [0.05, 0.1) is 19.3 Å². The van der Waals surface area contributed by atoms with Gasteiger partial charge in [-0.05, 0) is 26.2 Å². The van der Waals surface area contributed by atoms with Crippen LogP contribution in [-0.2, 0) is 21.4 Å². The molecule has 1 fully saturated rings. The number of esters is 1. The highest BCUT2D eigenvalue weighted by atomic mass is 16.5. The Kier molecular flexibility index (Phi) is 4.98. The first-order chi connectivity index (χ1) is 10.0. The average molecular weight is 293 g/mol. The third kappa shape index (κ3) is 3.43. The Balaban J connectivity index is 1.97. The molecule has 0 aromatic carbocycles. The summed E-state index contributed by atoms with van der Waals surface area (Å²) in [4.78, 5) is 25.4. The van der Waals surface area contributed by atoms with Gasteiger partial charge in [0.15, 0.2) is 0 Å². The van der Waals surface area contributed by atoms with E-state index in [1.165, 1.54) is 7.11 Å². The van der Waals surface area contributed by atoms with Crippen LogP contribution in [0.4, 0.5) is 0 Å². The van der Waals surface area contributed by atoms with Gasteiger partial charge in [-0.25, -0.2) is 0 Å². The fraction of sp³-hybridized carbons (Fsp3) is 0.667. The normalized spacial score (nSPS) is 18.0. The lowest BCUT2D eigenvalue weighted by Crippen LogP contribution is -2.30. The molecule has 1 amide bonds. The van der Waals surface area contributed by atoms with Crippen molar-refractivity contribution < 1.29 is 14.3 Å². The molecule has 1 aromatic rings. The van der Waals surface area contributed by atoms with Crippen LogP contribution in [0.5, 0.6) is 0 Å². The van der Waals surface area contributed by atoms with Gasteiger partial charge in [-0.1, -0.05) is 0 Å². The molecule has 0 aliphatic carbocycles. The fourth-order valence-corrected chi connectivity index (χ4v) is 2.86. The summed E-state index contributed by atoms with van der Waals surface area (Å²) in [6.45, 7) is 2.82. The van der Waals surface area contributed by atoms with E-state index in [0.717, 1.165) is 30.6 Å². The SMILES string of the molecule is COC(=O)CCCC(=O)N1CCC[C@@H]1c1cnn(C)c1C. The zero-order chi connectivity index (χ0) is 15.4. The van der Waals surface area contributed by atoms with Gasteiger partial charge >= 0.3 is 5.97 Å². The van der Waals surface area contributed by atoms with Gasteiger partial charge in [0.2, 0.25) is 5.91 Å². The number of carbonyl (C=O) groups is 2. The zero-order valence-corrected chi connectivity index (χ0v) is 13.0. The molecule has 0 radical (unpaired) electrons. The Morgan fingerprint density at radius 3 is 2.81 bits per heavy atom. The number of rotatable bonds is 5. The summed E-state index contributed by atoms with van der Waals surface area (Å²) in [5.41, 5.74) is 2.24. The highest BCUT2D eigenvalue weighted by Gasteiger charge is 2.31. The smallest absolute Gasteiger partial charge is 0.305 e. The van der Waals surface area contributed by atoms with Crippen molar-refractivity contribution in [1.29, 1.82) is 0 Å². The molecular formula is C15H23N3O3. The van der Waals surface area contributed by atoms with Crippen molar-refractivity contribution in [3.63, 3.8) is 0 Å². The van der Waals surface area contributed by atoms with Crippen molar-refractivity contribution in [3.05, 3.63) is 17.5 Å². The van der Waals surface area contributed by atoms with Crippen molar-refractivity contribution in [3.8, 4) is 0 Å². The van der Waals surface area contributed by atoms with E-state index in [1.807, 2.05) is 29.7 Å². The molecule has 1 atom stereocenters. The number of carbonyl (C=O) groups excluding carboxylic acids is 2. The third-order valence-corrected chi connectivity index (χ3v) is 4.20. The van der Waals surface area contributed by atoms with E-state index in [0.29, 0.717) is 19.3 Å². The van der Waals surface area contributed by atoms with Crippen LogP contribution < -0.4 is 0 Å². The predicted octanol–water partition coefficient (Wildman–Crippen LogP) is 1.74. The summed E-state index contributed by atoms with van der Waals surface area (Å²) in [6, 6.07) is 0.129. The second kappa shape index (κ2) is 6.74. The molecule has 0 bridgehead atoms. The Labute approximate surface area is 125 Å². The molecule has 0 N–H and O–H groups in total.